The zero-order valence-electron chi connectivity index (χ0n) is 15.0. The largest absolute Gasteiger partial charge is 0.296 e. The summed E-state index contributed by atoms with van der Waals surface area (Å²) in [4.78, 5) is 19.8. The van der Waals surface area contributed by atoms with Crippen LogP contribution in [0.5, 0.6) is 0 Å². The third-order valence-electron chi connectivity index (χ3n) is 3.91. The second-order valence-electron chi connectivity index (χ2n) is 6.23. The average molecular weight is 387 g/mol. The number of carbonyl (C=O) groups excluding carboxylic acids is 1. The molecule has 0 bridgehead atoms. The molecule has 0 N–H and O–H groups in total. The summed E-state index contributed by atoms with van der Waals surface area (Å²) in [6.07, 6.45) is 0. The van der Waals surface area contributed by atoms with E-state index in [2.05, 4.69) is 4.98 Å². The number of halogens is 2. The molecule has 0 aliphatic heterocycles. The smallest absolute Gasteiger partial charge is 0.230 e. The van der Waals surface area contributed by atoms with Gasteiger partial charge in [0.25, 0.3) is 0 Å². The summed E-state index contributed by atoms with van der Waals surface area (Å²) in [5.41, 5.74) is 1.81. The van der Waals surface area contributed by atoms with Crippen molar-refractivity contribution < 1.29 is 13.6 Å². The fourth-order valence-electron chi connectivity index (χ4n) is 2.79. The first-order chi connectivity index (χ1) is 12.9. The number of thiazole rings is 1. The van der Waals surface area contributed by atoms with Crippen LogP contribution < -0.4 is 4.90 Å². The molecule has 0 radical (unpaired) electrons. The van der Waals surface area contributed by atoms with E-state index in [0.717, 1.165) is 11.3 Å². The first kappa shape index (κ1) is 19.1. The molecule has 0 atom stereocenters. The van der Waals surface area contributed by atoms with Crippen LogP contribution in [-0.4, -0.2) is 22.8 Å². The van der Waals surface area contributed by atoms with E-state index in [1.807, 2.05) is 23.4 Å². The molecule has 4 nitrogen and oxygen atoms in total. The SMILES string of the molecule is CC(=O)N(c1nc(CN(C)Cc2cccc(F)c2)cs1)c1ccccc1F. The van der Waals surface area contributed by atoms with Gasteiger partial charge in [-0.05, 0) is 36.9 Å². The summed E-state index contributed by atoms with van der Waals surface area (Å²) >= 11 is 1.28. The lowest BCUT2D eigenvalue weighted by Crippen LogP contribution is -2.24. The Labute approximate surface area is 160 Å². The molecular formula is C20H19F2N3OS. The molecule has 2 aromatic carbocycles. The second kappa shape index (κ2) is 8.37. The molecule has 1 aromatic heterocycles. The van der Waals surface area contributed by atoms with Gasteiger partial charge in [0.2, 0.25) is 5.91 Å². The van der Waals surface area contributed by atoms with Gasteiger partial charge in [-0.1, -0.05) is 24.3 Å². The molecule has 3 aromatic rings. The molecule has 27 heavy (non-hydrogen) atoms. The number of hydrogen-bond acceptors (Lipinski definition) is 4. The molecular weight excluding hydrogens is 368 g/mol. The van der Waals surface area contributed by atoms with Crippen molar-refractivity contribution in [3.05, 3.63) is 76.8 Å². The van der Waals surface area contributed by atoms with E-state index in [-0.39, 0.29) is 17.4 Å². The quantitative estimate of drug-likeness (QED) is 0.613. The van der Waals surface area contributed by atoms with E-state index in [1.54, 1.807) is 24.3 Å². The lowest BCUT2D eigenvalue weighted by molar-refractivity contribution is -0.115. The number of carbonyl (C=O) groups is 1. The monoisotopic (exact) mass is 387 g/mol. The number of benzene rings is 2. The fraction of sp³-hybridized carbons (Fsp3) is 0.200. The normalized spacial score (nSPS) is 11.0. The molecule has 0 fully saturated rings. The van der Waals surface area contributed by atoms with Crippen LogP contribution in [0.4, 0.5) is 19.6 Å². The third kappa shape index (κ3) is 4.75. The fourth-order valence-corrected chi connectivity index (χ4v) is 3.66. The Hall–Kier alpha value is -2.64. The molecule has 1 amide bonds. The van der Waals surface area contributed by atoms with E-state index in [4.69, 9.17) is 0 Å². The van der Waals surface area contributed by atoms with E-state index in [0.29, 0.717) is 18.2 Å². The number of nitrogens with zero attached hydrogens (tertiary/aromatic N) is 3. The van der Waals surface area contributed by atoms with Crippen LogP contribution in [-0.2, 0) is 17.9 Å². The van der Waals surface area contributed by atoms with Gasteiger partial charge >= 0.3 is 0 Å². The van der Waals surface area contributed by atoms with E-state index in [9.17, 15) is 13.6 Å². The molecule has 0 aliphatic rings. The molecule has 0 spiro atoms. The van der Waals surface area contributed by atoms with Crippen molar-refractivity contribution in [2.45, 2.75) is 20.0 Å². The number of rotatable bonds is 6. The first-order valence-electron chi connectivity index (χ1n) is 8.36. The zero-order chi connectivity index (χ0) is 19.4. The highest BCUT2D eigenvalue weighted by Crippen LogP contribution is 2.31. The van der Waals surface area contributed by atoms with E-state index < -0.39 is 5.82 Å². The van der Waals surface area contributed by atoms with Crippen molar-refractivity contribution >= 4 is 28.1 Å². The van der Waals surface area contributed by atoms with Crippen molar-refractivity contribution in [3.63, 3.8) is 0 Å². The van der Waals surface area contributed by atoms with Crippen LogP contribution in [0, 0.1) is 11.6 Å². The standard InChI is InChI=1S/C20H19F2N3OS/c1-14(26)25(19-9-4-3-8-18(19)22)20-23-17(13-27-20)12-24(2)11-15-6-5-7-16(21)10-15/h3-10,13H,11-12H2,1-2H3. The van der Waals surface area contributed by atoms with Gasteiger partial charge in [0, 0.05) is 25.4 Å². The maximum Gasteiger partial charge on any atom is 0.230 e. The Morgan fingerprint density at radius 1 is 1.11 bits per heavy atom. The van der Waals surface area contributed by atoms with Crippen LogP contribution in [0.3, 0.4) is 0 Å². The highest BCUT2D eigenvalue weighted by molar-refractivity contribution is 7.14. The Morgan fingerprint density at radius 2 is 1.89 bits per heavy atom. The summed E-state index contributed by atoms with van der Waals surface area (Å²) in [5.74, 6) is -1.05. The lowest BCUT2D eigenvalue weighted by Gasteiger charge is -2.19. The second-order valence-corrected chi connectivity index (χ2v) is 7.07. The van der Waals surface area contributed by atoms with Gasteiger partial charge < -0.3 is 0 Å². The van der Waals surface area contributed by atoms with Crippen molar-refractivity contribution in [3.8, 4) is 0 Å². The highest BCUT2D eigenvalue weighted by Gasteiger charge is 2.21. The van der Waals surface area contributed by atoms with E-state index in [1.165, 1.54) is 41.4 Å². The van der Waals surface area contributed by atoms with Crippen molar-refractivity contribution in [2.24, 2.45) is 0 Å². The number of aromatic nitrogens is 1. The summed E-state index contributed by atoms with van der Waals surface area (Å²) in [6.45, 7) is 2.47. The minimum Gasteiger partial charge on any atom is -0.296 e. The average Bonchev–Trinajstić information content (AvgIpc) is 3.04. The van der Waals surface area contributed by atoms with Gasteiger partial charge in [-0.2, -0.15) is 0 Å². The van der Waals surface area contributed by atoms with Crippen molar-refractivity contribution in [1.29, 1.82) is 0 Å². The molecule has 0 saturated heterocycles. The Balaban J connectivity index is 1.75. The number of para-hydroxylation sites is 1. The maximum absolute atomic E-state index is 14.1. The Morgan fingerprint density at radius 3 is 2.59 bits per heavy atom. The molecule has 0 saturated carbocycles. The molecule has 3 rings (SSSR count). The van der Waals surface area contributed by atoms with Gasteiger partial charge in [0.15, 0.2) is 5.13 Å². The van der Waals surface area contributed by atoms with Crippen LogP contribution in [0.25, 0.3) is 0 Å². The van der Waals surface area contributed by atoms with Gasteiger partial charge in [-0.25, -0.2) is 13.8 Å². The highest BCUT2D eigenvalue weighted by atomic mass is 32.1. The molecule has 0 unspecified atom stereocenters. The summed E-state index contributed by atoms with van der Waals surface area (Å²) < 4.78 is 27.4. The van der Waals surface area contributed by atoms with Crippen molar-refractivity contribution in [1.82, 2.24) is 9.88 Å². The van der Waals surface area contributed by atoms with E-state index >= 15 is 0 Å². The summed E-state index contributed by atoms with van der Waals surface area (Å²) in [7, 11) is 1.91. The minimum absolute atomic E-state index is 0.180. The molecule has 140 valence electrons. The predicted octanol–water partition coefficient (Wildman–Crippen LogP) is 4.74. The predicted molar refractivity (Wildman–Crippen MR) is 103 cm³/mol. The number of anilines is 2. The van der Waals surface area contributed by atoms with Gasteiger partial charge in [0.05, 0.1) is 11.4 Å². The van der Waals surface area contributed by atoms with Crippen LogP contribution >= 0.6 is 11.3 Å². The zero-order valence-corrected chi connectivity index (χ0v) is 15.8. The van der Waals surface area contributed by atoms with Gasteiger partial charge in [-0.15, -0.1) is 11.3 Å². The molecule has 0 aliphatic carbocycles. The van der Waals surface area contributed by atoms with Crippen LogP contribution in [0.2, 0.25) is 0 Å². The minimum atomic E-state index is -0.479. The summed E-state index contributed by atoms with van der Waals surface area (Å²) in [6, 6.07) is 12.6. The van der Waals surface area contributed by atoms with Gasteiger partial charge in [0.1, 0.15) is 11.6 Å². The van der Waals surface area contributed by atoms with Gasteiger partial charge in [-0.3, -0.25) is 14.6 Å². The Bertz CT molecular complexity index is 944. The van der Waals surface area contributed by atoms with Crippen LogP contribution in [0.1, 0.15) is 18.2 Å². The molecule has 7 heteroatoms. The third-order valence-corrected chi connectivity index (χ3v) is 4.79. The van der Waals surface area contributed by atoms with Crippen molar-refractivity contribution in [2.75, 3.05) is 11.9 Å². The number of amides is 1. The lowest BCUT2D eigenvalue weighted by atomic mass is 10.2. The Kier molecular flexibility index (Phi) is 5.93. The summed E-state index contributed by atoms with van der Waals surface area (Å²) in [5, 5.41) is 2.26. The number of hydrogen-bond donors (Lipinski definition) is 0. The van der Waals surface area contributed by atoms with Crippen LogP contribution in [0.15, 0.2) is 53.9 Å². The first-order valence-corrected chi connectivity index (χ1v) is 9.24. The maximum atomic E-state index is 14.1. The topological polar surface area (TPSA) is 36.4 Å². The molecule has 1 heterocycles.